The van der Waals surface area contributed by atoms with E-state index >= 15 is 0 Å². The summed E-state index contributed by atoms with van der Waals surface area (Å²) in [6.07, 6.45) is 8.58. The third-order valence-corrected chi connectivity index (χ3v) is 5.00. The van der Waals surface area contributed by atoms with Crippen LogP contribution in [0.1, 0.15) is 43.5 Å². The first kappa shape index (κ1) is 19.3. The molecule has 0 bridgehead atoms. The highest BCUT2D eigenvalue weighted by Crippen LogP contribution is 2.19. The lowest BCUT2D eigenvalue weighted by Gasteiger charge is -2.35. The van der Waals surface area contributed by atoms with E-state index in [-0.39, 0.29) is 12.1 Å². The molecule has 27 heavy (non-hydrogen) atoms. The van der Waals surface area contributed by atoms with Crippen molar-refractivity contribution in [3.63, 3.8) is 0 Å². The highest BCUT2D eigenvalue weighted by Gasteiger charge is 2.23. The highest BCUT2D eigenvalue weighted by molar-refractivity contribution is 5.74. The van der Waals surface area contributed by atoms with Crippen LogP contribution in [-0.4, -0.2) is 52.0 Å². The first-order valence-electron chi connectivity index (χ1n) is 9.84. The Morgan fingerprint density at radius 3 is 2.67 bits per heavy atom. The van der Waals surface area contributed by atoms with Gasteiger partial charge in [-0.1, -0.05) is 31.9 Å². The van der Waals surface area contributed by atoms with E-state index in [1.165, 1.54) is 0 Å². The number of nitrogens with zero attached hydrogens (tertiary/aromatic N) is 4. The number of pyridine rings is 2. The van der Waals surface area contributed by atoms with Gasteiger partial charge >= 0.3 is 6.03 Å². The van der Waals surface area contributed by atoms with Crippen molar-refractivity contribution in [3.8, 4) is 0 Å². The van der Waals surface area contributed by atoms with E-state index < -0.39 is 0 Å². The topological polar surface area (TPSA) is 61.4 Å². The standard InChI is InChI=1S/C21H29N5O/c1-2-3-9-20(18-7-6-10-22-16-18)24-21(27)26-14-12-25(13-15-26)17-19-8-4-5-11-23-19/h4-8,10-11,16,20H,2-3,9,12-15,17H2,1H3,(H,24,27). The molecule has 2 aromatic heterocycles. The Labute approximate surface area is 161 Å². The monoisotopic (exact) mass is 367 g/mol. The van der Waals surface area contributed by atoms with Gasteiger partial charge in [-0.2, -0.15) is 0 Å². The Hall–Kier alpha value is -2.47. The lowest BCUT2D eigenvalue weighted by atomic mass is 10.0. The Morgan fingerprint density at radius 1 is 1.15 bits per heavy atom. The van der Waals surface area contributed by atoms with Crippen LogP contribution in [0, 0.1) is 0 Å². The number of aromatic nitrogens is 2. The van der Waals surface area contributed by atoms with Crippen molar-refractivity contribution in [3.05, 3.63) is 60.2 Å². The molecule has 0 saturated carbocycles. The predicted octanol–water partition coefficient (Wildman–Crippen LogP) is 3.24. The molecule has 1 atom stereocenters. The molecule has 1 fully saturated rings. The lowest BCUT2D eigenvalue weighted by molar-refractivity contribution is 0.132. The van der Waals surface area contributed by atoms with Crippen molar-refractivity contribution in [1.82, 2.24) is 25.1 Å². The zero-order valence-electron chi connectivity index (χ0n) is 16.1. The second-order valence-corrected chi connectivity index (χ2v) is 7.01. The molecule has 0 aromatic carbocycles. The number of amides is 2. The van der Waals surface area contributed by atoms with Gasteiger partial charge in [0.15, 0.2) is 0 Å². The fourth-order valence-corrected chi connectivity index (χ4v) is 3.38. The molecule has 3 heterocycles. The summed E-state index contributed by atoms with van der Waals surface area (Å²) in [6.45, 7) is 6.24. The van der Waals surface area contributed by atoms with Gasteiger partial charge in [-0.15, -0.1) is 0 Å². The SMILES string of the molecule is CCCCC(NC(=O)N1CCN(Cc2ccccn2)CC1)c1cccnc1. The minimum absolute atomic E-state index is 0.0254. The molecule has 1 aliphatic rings. The van der Waals surface area contributed by atoms with Gasteiger partial charge in [-0.05, 0) is 30.2 Å². The van der Waals surface area contributed by atoms with Crippen molar-refractivity contribution < 1.29 is 4.79 Å². The summed E-state index contributed by atoms with van der Waals surface area (Å²) in [5.41, 5.74) is 2.15. The summed E-state index contributed by atoms with van der Waals surface area (Å²) in [4.78, 5) is 25.6. The Kier molecular flexibility index (Phi) is 7.16. The Balaban J connectivity index is 1.51. The number of carbonyl (C=O) groups excluding carboxylic acids is 1. The maximum absolute atomic E-state index is 12.8. The summed E-state index contributed by atoms with van der Waals surface area (Å²) >= 11 is 0. The summed E-state index contributed by atoms with van der Waals surface area (Å²) < 4.78 is 0. The van der Waals surface area contributed by atoms with Crippen LogP contribution in [0.3, 0.4) is 0 Å². The number of hydrogen-bond acceptors (Lipinski definition) is 4. The van der Waals surface area contributed by atoms with Crippen LogP contribution >= 0.6 is 0 Å². The third-order valence-electron chi connectivity index (χ3n) is 5.00. The van der Waals surface area contributed by atoms with Crippen LogP contribution in [0.25, 0.3) is 0 Å². The third kappa shape index (κ3) is 5.76. The minimum atomic E-state index is 0.0254. The molecule has 0 spiro atoms. The summed E-state index contributed by atoms with van der Waals surface area (Å²) in [6, 6.07) is 10.0. The number of piperazine rings is 1. The van der Waals surface area contributed by atoms with E-state index in [4.69, 9.17) is 0 Å². The van der Waals surface area contributed by atoms with E-state index in [2.05, 4.69) is 27.1 Å². The lowest BCUT2D eigenvalue weighted by Crippen LogP contribution is -2.52. The Bertz CT molecular complexity index is 686. The number of hydrogen-bond donors (Lipinski definition) is 1. The van der Waals surface area contributed by atoms with Crippen LogP contribution in [0.5, 0.6) is 0 Å². The van der Waals surface area contributed by atoms with Gasteiger partial charge in [0.25, 0.3) is 0 Å². The number of nitrogens with one attached hydrogen (secondary N) is 1. The maximum Gasteiger partial charge on any atom is 0.317 e. The molecular weight excluding hydrogens is 338 g/mol. The Morgan fingerprint density at radius 2 is 2.00 bits per heavy atom. The number of unbranched alkanes of at least 4 members (excludes halogenated alkanes) is 1. The minimum Gasteiger partial charge on any atom is -0.331 e. The normalized spacial score (nSPS) is 16.1. The molecule has 0 radical (unpaired) electrons. The number of carbonyl (C=O) groups is 1. The van der Waals surface area contributed by atoms with Gasteiger partial charge in [0, 0.05) is 51.3 Å². The molecule has 0 aliphatic carbocycles. The van der Waals surface area contributed by atoms with E-state index in [9.17, 15) is 4.79 Å². The van der Waals surface area contributed by atoms with Gasteiger partial charge in [-0.3, -0.25) is 14.9 Å². The summed E-state index contributed by atoms with van der Waals surface area (Å²) in [5.74, 6) is 0. The zero-order chi connectivity index (χ0) is 18.9. The van der Waals surface area contributed by atoms with Crippen molar-refractivity contribution in [2.45, 2.75) is 38.8 Å². The van der Waals surface area contributed by atoms with E-state index in [0.29, 0.717) is 0 Å². The van der Waals surface area contributed by atoms with Gasteiger partial charge in [0.05, 0.1) is 11.7 Å². The van der Waals surface area contributed by atoms with Crippen LogP contribution in [0.4, 0.5) is 4.79 Å². The number of rotatable bonds is 7. The molecule has 6 heteroatoms. The molecule has 2 amide bonds. The van der Waals surface area contributed by atoms with Crippen molar-refractivity contribution in [2.75, 3.05) is 26.2 Å². The zero-order valence-corrected chi connectivity index (χ0v) is 16.1. The second-order valence-electron chi connectivity index (χ2n) is 7.01. The maximum atomic E-state index is 12.8. The van der Waals surface area contributed by atoms with E-state index in [1.54, 1.807) is 6.20 Å². The van der Waals surface area contributed by atoms with Crippen LogP contribution < -0.4 is 5.32 Å². The van der Waals surface area contributed by atoms with Crippen molar-refractivity contribution >= 4 is 6.03 Å². The summed E-state index contributed by atoms with van der Waals surface area (Å²) in [5, 5.41) is 3.22. The van der Waals surface area contributed by atoms with Crippen LogP contribution in [-0.2, 0) is 6.54 Å². The van der Waals surface area contributed by atoms with Crippen LogP contribution in [0.15, 0.2) is 48.9 Å². The predicted molar refractivity (Wildman–Crippen MR) is 106 cm³/mol. The molecular formula is C21H29N5O. The fourth-order valence-electron chi connectivity index (χ4n) is 3.38. The molecule has 2 aromatic rings. The molecule has 1 aliphatic heterocycles. The quantitative estimate of drug-likeness (QED) is 0.816. The van der Waals surface area contributed by atoms with Gasteiger partial charge in [-0.25, -0.2) is 4.79 Å². The van der Waals surface area contributed by atoms with Gasteiger partial charge < -0.3 is 10.2 Å². The van der Waals surface area contributed by atoms with Crippen molar-refractivity contribution in [2.24, 2.45) is 0 Å². The van der Waals surface area contributed by atoms with Gasteiger partial charge in [0.1, 0.15) is 0 Å². The smallest absolute Gasteiger partial charge is 0.317 e. The second kappa shape index (κ2) is 10.0. The molecule has 3 rings (SSSR count). The molecule has 1 saturated heterocycles. The first-order valence-corrected chi connectivity index (χ1v) is 9.84. The van der Waals surface area contributed by atoms with E-state index in [0.717, 1.165) is 63.2 Å². The highest BCUT2D eigenvalue weighted by atomic mass is 16.2. The van der Waals surface area contributed by atoms with Crippen LogP contribution in [0.2, 0.25) is 0 Å². The molecule has 144 valence electrons. The average Bonchev–Trinajstić information content (AvgIpc) is 2.73. The van der Waals surface area contributed by atoms with Crippen molar-refractivity contribution in [1.29, 1.82) is 0 Å². The first-order chi connectivity index (χ1) is 13.3. The molecule has 1 N–H and O–H groups in total. The number of urea groups is 1. The average molecular weight is 367 g/mol. The molecule has 6 nitrogen and oxygen atoms in total. The van der Waals surface area contributed by atoms with Gasteiger partial charge in [0.2, 0.25) is 0 Å². The fraction of sp³-hybridized carbons (Fsp3) is 0.476. The largest absolute Gasteiger partial charge is 0.331 e. The van der Waals surface area contributed by atoms with E-state index in [1.807, 2.05) is 47.6 Å². The summed E-state index contributed by atoms with van der Waals surface area (Å²) in [7, 11) is 0. The molecule has 1 unspecified atom stereocenters.